The summed E-state index contributed by atoms with van der Waals surface area (Å²) in [6.07, 6.45) is 15.1. The molecule has 0 heterocycles. The molecule has 0 spiro atoms. The van der Waals surface area contributed by atoms with E-state index in [0.29, 0.717) is 21.0 Å². The lowest BCUT2D eigenvalue weighted by atomic mass is 9.44. The summed E-state index contributed by atoms with van der Waals surface area (Å²) < 4.78 is 0.182. The first-order chi connectivity index (χ1) is 14.0. The summed E-state index contributed by atoms with van der Waals surface area (Å²) in [7, 11) is 0. The van der Waals surface area contributed by atoms with Crippen LogP contribution in [0.15, 0.2) is 0 Å². The zero-order valence-electron chi connectivity index (χ0n) is 20.0. The monoisotopic (exact) mass is 562 g/mol. The molecule has 0 aliphatic heterocycles. The Hall–Kier alpha value is 1.25. The fourth-order valence-corrected chi connectivity index (χ4v) is 11.9. The van der Waals surface area contributed by atoms with Crippen molar-refractivity contribution in [3.05, 3.63) is 0 Å². The van der Waals surface area contributed by atoms with Crippen LogP contribution in [0.3, 0.4) is 0 Å². The maximum Gasteiger partial charge on any atom is 0.0453 e. The van der Waals surface area contributed by atoms with Crippen molar-refractivity contribution >= 4 is 43.5 Å². The molecular weight excluding hydrogens is 520 g/mol. The van der Waals surface area contributed by atoms with Crippen molar-refractivity contribution in [3.8, 4) is 0 Å². The van der Waals surface area contributed by atoms with Gasteiger partial charge in [-0.25, -0.2) is 0 Å². The highest BCUT2D eigenvalue weighted by Gasteiger charge is 2.66. The van der Waals surface area contributed by atoms with Crippen LogP contribution in [0.25, 0.3) is 0 Å². The predicted octanol–water partition coefficient (Wildman–Crippen LogP) is 9.61. The van der Waals surface area contributed by atoms with Crippen LogP contribution in [-0.4, -0.2) is 14.5 Å². The van der Waals surface area contributed by atoms with E-state index in [9.17, 15) is 0 Å². The van der Waals surface area contributed by atoms with Crippen molar-refractivity contribution in [2.75, 3.05) is 0 Å². The van der Waals surface area contributed by atoms with Crippen LogP contribution in [0.1, 0.15) is 105 Å². The molecule has 4 aliphatic rings. The predicted molar refractivity (Wildman–Crippen MR) is 139 cm³/mol. The molecule has 0 N–H and O–H groups in total. The Bertz CT molecular complexity index is 622. The summed E-state index contributed by atoms with van der Waals surface area (Å²) in [6, 6.07) is 0. The fourth-order valence-electron chi connectivity index (χ4n) is 9.16. The van der Waals surface area contributed by atoms with Gasteiger partial charge in [-0.2, -0.15) is 0 Å². The van der Waals surface area contributed by atoms with Gasteiger partial charge in [0, 0.05) is 14.5 Å². The lowest BCUT2D eigenvalue weighted by Gasteiger charge is -2.65. The molecule has 0 bridgehead atoms. The molecule has 4 saturated carbocycles. The molecule has 0 nitrogen and oxygen atoms in total. The molecule has 0 radical (unpaired) electrons. The Balaban J connectivity index is 1.53. The summed E-state index contributed by atoms with van der Waals surface area (Å²) in [6.45, 7) is 12.7. The molecular formula is C27H45Br2Cl. The fraction of sp³-hybridized carbons (Fsp3) is 1.00. The van der Waals surface area contributed by atoms with Crippen LogP contribution in [0.5, 0.6) is 0 Å². The summed E-state index contributed by atoms with van der Waals surface area (Å²) in [5.74, 6) is 5.43. The second kappa shape index (κ2) is 8.79. The van der Waals surface area contributed by atoms with Crippen molar-refractivity contribution in [1.82, 2.24) is 0 Å². The second-order valence-electron chi connectivity index (χ2n) is 12.7. The Morgan fingerprint density at radius 1 is 0.967 bits per heavy atom. The van der Waals surface area contributed by atoms with E-state index in [1.165, 1.54) is 64.2 Å². The minimum atomic E-state index is 0.182. The standard InChI is InChI=1S/C27H45Br2Cl/c1-17(2)7-6-8-18(3)21-9-10-22-20-15-24(28)27(29)16-19(30)11-14-26(27,5)23(20)12-13-25(21,22)4/h17-24H,6-16H2,1-5H3/t18-,19-,20-,21+,22-,23-,24-,25+,26+,27-/m0/s1. The first-order valence-electron chi connectivity index (χ1n) is 13.0. The third kappa shape index (κ3) is 3.81. The maximum absolute atomic E-state index is 6.70. The summed E-state index contributed by atoms with van der Waals surface area (Å²) >= 11 is 15.2. The Morgan fingerprint density at radius 2 is 1.70 bits per heavy atom. The molecule has 0 aromatic carbocycles. The smallest absolute Gasteiger partial charge is 0.0453 e. The Kier molecular flexibility index (Phi) is 7.15. The highest BCUT2D eigenvalue weighted by atomic mass is 79.9. The molecule has 10 atom stereocenters. The van der Waals surface area contributed by atoms with E-state index in [-0.39, 0.29) is 4.32 Å². The first-order valence-corrected chi connectivity index (χ1v) is 15.1. The quantitative estimate of drug-likeness (QED) is 0.292. The number of fused-ring (bicyclic) bond motifs is 5. The van der Waals surface area contributed by atoms with Gasteiger partial charge in [-0.05, 0) is 97.7 Å². The summed E-state index contributed by atoms with van der Waals surface area (Å²) in [5, 5.41) is 0.338. The highest BCUT2D eigenvalue weighted by molar-refractivity contribution is 9.12. The van der Waals surface area contributed by atoms with E-state index in [1.807, 2.05) is 0 Å². The van der Waals surface area contributed by atoms with Gasteiger partial charge in [-0.15, -0.1) is 11.6 Å². The highest BCUT2D eigenvalue weighted by Crippen LogP contribution is 2.71. The number of alkyl halides is 3. The molecule has 174 valence electrons. The van der Waals surface area contributed by atoms with E-state index in [1.54, 1.807) is 0 Å². The normalized spacial score (nSPS) is 51.9. The van der Waals surface area contributed by atoms with Crippen LogP contribution < -0.4 is 0 Å². The SMILES string of the molecule is CC(C)CCC[C@H](C)[C@H]1CC[C@H]2[C@@H]3C[C@H](Br)[C@@]4(Br)C[C@@H](Cl)CC[C@]4(C)[C@H]3CC[C@]12C. The van der Waals surface area contributed by atoms with Crippen LogP contribution >= 0.6 is 43.5 Å². The van der Waals surface area contributed by atoms with Gasteiger partial charge >= 0.3 is 0 Å². The van der Waals surface area contributed by atoms with E-state index in [2.05, 4.69) is 66.5 Å². The van der Waals surface area contributed by atoms with Crippen molar-refractivity contribution in [2.45, 2.75) is 120 Å². The Morgan fingerprint density at radius 3 is 2.40 bits per heavy atom. The van der Waals surface area contributed by atoms with Gasteiger partial charge in [0.05, 0.1) is 0 Å². The van der Waals surface area contributed by atoms with Crippen LogP contribution in [-0.2, 0) is 0 Å². The van der Waals surface area contributed by atoms with E-state index >= 15 is 0 Å². The minimum Gasteiger partial charge on any atom is -0.123 e. The number of hydrogen-bond acceptors (Lipinski definition) is 0. The molecule has 0 unspecified atom stereocenters. The van der Waals surface area contributed by atoms with E-state index < -0.39 is 0 Å². The largest absolute Gasteiger partial charge is 0.123 e. The maximum atomic E-state index is 6.70. The molecule has 4 aliphatic carbocycles. The number of rotatable bonds is 5. The van der Waals surface area contributed by atoms with Crippen LogP contribution in [0.2, 0.25) is 0 Å². The average molecular weight is 565 g/mol. The topological polar surface area (TPSA) is 0 Å². The third-order valence-electron chi connectivity index (χ3n) is 10.9. The molecule has 4 rings (SSSR count). The molecule has 0 aromatic rings. The zero-order valence-corrected chi connectivity index (χ0v) is 24.0. The zero-order chi connectivity index (χ0) is 21.9. The van der Waals surface area contributed by atoms with Gasteiger partial charge in [0.15, 0.2) is 0 Å². The molecule has 0 saturated heterocycles. The molecule has 0 aromatic heterocycles. The van der Waals surface area contributed by atoms with Gasteiger partial charge in [0.1, 0.15) is 0 Å². The lowest BCUT2D eigenvalue weighted by molar-refractivity contribution is -0.0971. The molecule has 4 fully saturated rings. The second-order valence-corrected chi connectivity index (χ2v) is 15.9. The van der Waals surface area contributed by atoms with Crippen molar-refractivity contribution < 1.29 is 0 Å². The van der Waals surface area contributed by atoms with Gasteiger partial charge in [-0.3, -0.25) is 0 Å². The van der Waals surface area contributed by atoms with Crippen molar-refractivity contribution in [3.63, 3.8) is 0 Å². The minimum absolute atomic E-state index is 0.182. The number of hydrogen-bond donors (Lipinski definition) is 0. The van der Waals surface area contributed by atoms with Crippen LogP contribution in [0, 0.1) is 46.3 Å². The van der Waals surface area contributed by atoms with Gasteiger partial charge in [0.25, 0.3) is 0 Å². The van der Waals surface area contributed by atoms with Crippen molar-refractivity contribution in [2.24, 2.45) is 46.3 Å². The van der Waals surface area contributed by atoms with Gasteiger partial charge < -0.3 is 0 Å². The van der Waals surface area contributed by atoms with Gasteiger partial charge in [0.2, 0.25) is 0 Å². The molecule has 3 heteroatoms. The number of halogens is 3. The first kappa shape index (κ1) is 24.4. The third-order valence-corrected chi connectivity index (χ3v) is 14.8. The van der Waals surface area contributed by atoms with E-state index in [4.69, 9.17) is 11.6 Å². The Labute approximate surface area is 208 Å². The van der Waals surface area contributed by atoms with E-state index in [0.717, 1.165) is 41.9 Å². The molecule has 0 amide bonds. The summed E-state index contributed by atoms with van der Waals surface area (Å²) in [5.41, 5.74) is 0.968. The summed E-state index contributed by atoms with van der Waals surface area (Å²) in [4.78, 5) is 0.558. The lowest BCUT2D eigenvalue weighted by Crippen LogP contribution is -2.64. The van der Waals surface area contributed by atoms with Crippen LogP contribution in [0.4, 0.5) is 0 Å². The molecule has 30 heavy (non-hydrogen) atoms. The average Bonchev–Trinajstić information content (AvgIpc) is 3.01. The van der Waals surface area contributed by atoms with Crippen molar-refractivity contribution in [1.29, 1.82) is 0 Å². The van der Waals surface area contributed by atoms with Gasteiger partial charge in [-0.1, -0.05) is 85.7 Å².